The van der Waals surface area contributed by atoms with Gasteiger partial charge in [0.25, 0.3) is 0 Å². The number of rotatable bonds is 16. The molecule has 0 aliphatic carbocycles. The van der Waals surface area contributed by atoms with Gasteiger partial charge in [-0.15, -0.1) is 0 Å². The SMILES string of the molecule is CCCCCCCCCCCCNCCC(=O)NCCC. The molecule has 0 fully saturated rings. The van der Waals surface area contributed by atoms with Crippen LogP contribution in [0.2, 0.25) is 0 Å². The Morgan fingerprint density at radius 2 is 1.24 bits per heavy atom. The van der Waals surface area contributed by atoms with Gasteiger partial charge in [0, 0.05) is 19.5 Å². The van der Waals surface area contributed by atoms with E-state index in [0.717, 1.165) is 26.1 Å². The number of amides is 1. The van der Waals surface area contributed by atoms with E-state index in [1.165, 1.54) is 64.2 Å². The van der Waals surface area contributed by atoms with E-state index >= 15 is 0 Å². The van der Waals surface area contributed by atoms with E-state index in [9.17, 15) is 4.79 Å². The lowest BCUT2D eigenvalue weighted by atomic mass is 10.1. The minimum Gasteiger partial charge on any atom is -0.356 e. The molecule has 126 valence electrons. The van der Waals surface area contributed by atoms with Crippen molar-refractivity contribution in [2.45, 2.75) is 90.9 Å². The molecule has 0 radical (unpaired) electrons. The first-order valence-electron chi connectivity index (χ1n) is 9.28. The van der Waals surface area contributed by atoms with Crippen LogP contribution >= 0.6 is 0 Å². The van der Waals surface area contributed by atoms with Crippen LogP contribution in [0.15, 0.2) is 0 Å². The van der Waals surface area contributed by atoms with Crippen molar-refractivity contribution in [1.29, 1.82) is 0 Å². The molecule has 0 saturated heterocycles. The molecule has 0 unspecified atom stereocenters. The lowest BCUT2D eigenvalue weighted by Gasteiger charge is -2.06. The van der Waals surface area contributed by atoms with Gasteiger partial charge in [0.2, 0.25) is 5.91 Å². The number of unbranched alkanes of at least 4 members (excludes halogenated alkanes) is 9. The van der Waals surface area contributed by atoms with E-state index in [0.29, 0.717) is 6.42 Å². The van der Waals surface area contributed by atoms with E-state index in [1.807, 2.05) is 0 Å². The Balaban J connectivity index is 3.04. The van der Waals surface area contributed by atoms with Crippen molar-refractivity contribution in [1.82, 2.24) is 10.6 Å². The second-order valence-corrected chi connectivity index (χ2v) is 6.03. The van der Waals surface area contributed by atoms with E-state index in [1.54, 1.807) is 0 Å². The monoisotopic (exact) mass is 298 g/mol. The van der Waals surface area contributed by atoms with Gasteiger partial charge in [-0.1, -0.05) is 71.6 Å². The summed E-state index contributed by atoms with van der Waals surface area (Å²) in [5.41, 5.74) is 0. The first-order valence-corrected chi connectivity index (χ1v) is 9.28. The highest BCUT2D eigenvalue weighted by atomic mass is 16.1. The number of carbonyl (C=O) groups excluding carboxylic acids is 1. The molecule has 2 N–H and O–H groups in total. The first-order chi connectivity index (χ1) is 10.3. The fourth-order valence-corrected chi connectivity index (χ4v) is 2.42. The maximum absolute atomic E-state index is 11.4. The van der Waals surface area contributed by atoms with Gasteiger partial charge in [0.05, 0.1) is 0 Å². The molecule has 0 aliphatic rings. The number of carbonyl (C=O) groups is 1. The summed E-state index contributed by atoms with van der Waals surface area (Å²) in [6, 6.07) is 0. The van der Waals surface area contributed by atoms with Gasteiger partial charge in [-0.2, -0.15) is 0 Å². The summed E-state index contributed by atoms with van der Waals surface area (Å²) in [5.74, 6) is 0.174. The van der Waals surface area contributed by atoms with Gasteiger partial charge in [-0.05, 0) is 19.4 Å². The van der Waals surface area contributed by atoms with Crippen LogP contribution in [0.4, 0.5) is 0 Å². The molecule has 0 bridgehead atoms. The Hall–Kier alpha value is -0.570. The van der Waals surface area contributed by atoms with Crippen molar-refractivity contribution in [3.63, 3.8) is 0 Å². The smallest absolute Gasteiger partial charge is 0.221 e. The van der Waals surface area contributed by atoms with Crippen LogP contribution in [-0.4, -0.2) is 25.5 Å². The van der Waals surface area contributed by atoms with Gasteiger partial charge in [-0.25, -0.2) is 0 Å². The maximum atomic E-state index is 11.4. The van der Waals surface area contributed by atoms with Gasteiger partial charge >= 0.3 is 0 Å². The van der Waals surface area contributed by atoms with Gasteiger partial charge in [0.15, 0.2) is 0 Å². The second kappa shape index (κ2) is 17.5. The van der Waals surface area contributed by atoms with Crippen molar-refractivity contribution in [3.8, 4) is 0 Å². The lowest BCUT2D eigenvalue weighted by Crippen LogP contribution is -2.28. The first kappa shape index (κ1) is 20.4. The molecule has 0 spiro atoms. The number of hydrogen-bond donors (Lipinski definition) is 2. The summed E-state index contributed by atoms with van der Waals surface area (Å²) in [6.07, 6.45) is 15.4. The topological polar surface area (TPSA) is 41.1 Å². The van der Waals surface area contributed by atoms with Crippen molar-refractivity contribution in [3.05, 3.63) is 0 Å². The fraction of sp³-hybridized carbons (Fsp3) is 0.944. The quantitative estimate of drug-likeness (QED) is 0.414. The van der Waals surface area contributed by atoms with E-state index in [2.05, 4.69) is 24.5 Å². The van der Waals surface area contributed by atoms with Crippen LogP contribution in [0, 0.1) is 0 Å². The molecule has 0 aromatic rings. The molecule has 0 aliphatic heterocycles. The van der Waals surface area contributed by atoms with E-state index in [4.69, 9.17) is 0 Å². The average molecular weight is 299 g/mol. The third-order valence-electron chi connectivity index (χ3n) is 3.81. The zero-order valence-corrected chi connectivity index (χ0v) is 14.5. The highest BCUT2D eigenvalue weighted by Crippen LogP contribution is 2.10. The molecule has 0 saturated carbocycles. The summed E-state index contributed by atoms with van der Waals surface area (Å²) in [6.45, 7) is 7.01. The van der Waals surface area contributed by atoms with Crippen molar-refractivity contribution >= 4 is 5.91 Å². The highest BCUT2D eigenvalue weighted by molar-refractivity contribution is 5.75. The second-order valence-electron chi connectivity index (χ2n) is 6.03. The van der Waals surface area contributed by atoms with Crippen LogP contribution in [0.1, 0.15) is 90.9 Å². The molecule has 1 amide bonds. The fourth-order valence-electron chi connectivity index (χ4n) is 2.42. The van der Waals surface area contributed by atoms with Crippen LogP contribution < -0.4 is 10.6 Å². The van der Waals surface area contributed by atoms with Crippen molar-refractivity contribution in [2.24, 2.45) is 0 Å². The standard InChI is InChI=1S/C18H38N2O/c1-3-5-6-7-8-9-10-11-12-13-16-19-17-14-18(21)20-15-4-2/h19H,3-17H2,1-2H3,(H,20,21). The third kappa shape index (κ3) is 17.4. The molecular formula is C18H38N2O. The lowest BCUT2D eigenvalue weighted by molar-refractivity contribution is -0.120. The molecule has 3 nitrogen and oxygen atoms in total. The molecule has 0 heterocycles. The minimum absolute atomic E-state index is 0.174. The van der Waals surface area contributed by atoms with E-state index in [-0.39, 0.29) is 5.91 Å². The third-order valence-corrected chi connectivity index (χ3v) is 3.81. The van der Waals surface area contributed by atoms with Gasteiger partial charge < -0.3 is 10.6 Å². The molecule has 0 aromatic carbocycles. The molecular weight excluding hydrogens is 260 g/mol. The summed E-state index contributed by atoms with van der Waals surface area (Å²) in [5, 5.41) is 6.25. The number of nitrogens with one attached hydrogen (secondary N) is 2. The predicted octanol–water partition coefficient (Wildman–Crippen LogP) is 4.41. The molecule has 3 heteroatoms. The summed E-state index contributed by atoms with van der Waals surface area (Å²) >= 11 is 0. The van der Waals surface area contributed by atoms with Crippen LogP contribution in [0.3, 0.4) is 0 Å². The number of hydrogen-bond acceptors (Lipinski definition) is 2. The van der Waals surface area contributed by atoms with Crippen LogP contribution in [0.25, 0.3) is 0 Å². The zero-order valence-electron chi connectivity index (χ0n) is 14.5. The Morgan fingerprint density at radius 1 is 0.667 bits per heavy atom. The Bertz CT molecular complexity index is 219. The predicted molar refractivity (Wildman–Crippen MR) is 92.6 cm³/mol. The van der Waals surface area contributed by atoms with Crippen LogP contribution in [0.5, 0.6) is 0 Å². The summed E-state index contributed by atoms with van der Waals surface area (Å²) in [7, 11) is 0. The Morgan fingerprint density at radius 3 is 1.81 bits per heavy atom. The zero-order chi connectivity index (χ0) is 15.6. The maximum Gasteiger partial charge on any atom is 0.221 e. The van der Waals surface area contributed by atoms with Crippen molar-refractivity contribution < 1.29 is 4.79 Å². The summed E-state index contributed by atoms with van der Waals surface area (Å²) in [4.78, 5) is 11.4. The van der Waals surface area contributed by atoms with Gasteiger partial charge in [-0.3, -0.25) is 4.79 Å². The molecule has 0 aromatic heterocycles. The molecule has 0 rings (SSSR count). The Kier molecular flexibility index (Phi) is 17.0. The largest absolute Gasteiger partial charge is 0.356 e. The average Bonchev–Trinajstić information content (AvgIpc) is 2.49. The Labute approximate surface area is 132 Å². The van der Waals surface area contributed by atoms with Gasteiger partial charge in [0.1, 0.15) is 0 Å². The highest BCUT2D eigenvalue weighted by Gasteiger charge is 1.98. The van der Waals surface area contributed by atoms with Crippen molar-refractivity contribution in [2.75, 3.05) is 19.6 Å². The van der Waals surface area contributed by atoms with E-state index < -0.39 is 0 Å². The molecule has 21 heavy (non-hydrogen) atoms. The minimum atomic E-state index is 0.174. The normalized spacial score (nSPS) is 10.8. The van der Waals surface area contributed by atoms with Crippen LogP contribution in [-0.2, 0) is 4.79 Å². The molecule has 0 atom stereocenters. The summed E-state index contributed by atoms with van der Waals surface area (Å²) < 4.78 is 0.